The van der Waals surface area contributed by atoms with Crippen molar-refractivity contribution in [3.63, 3.8) is 0 Å². The summed E-state index contributed by atoms with van der Waals surface area (Å²) in [4.78, 5) is 20.6. The number of methoxy groups -OCH3 is 1. The number of nitro benzene ring substituents is 1. The number of ether oxygens (including phenoxy) is 1. The van der Waals surface area contributed by atoms with Gasteiger partial charge in [-0.3, -0.25) is 10.1 Å². The molecule has 32 heavy (non-hydrogen) atoms. The number of aromatic hydroxyl groups is 1. The summed E-state index contributed by atoms with van der Waals surface area (Å²) in [5.41, 5.74) is 4.19. The fourth-order valence-electron chi connectivity index (χ4n) is 3.09. The van der Waals surface area contributed by atoms with Gasteiger partial charge in [0.05, 0.1) is 22.6 Å². The lowest BCUT2D eigenvalue weighted by Gasteiger charge is -2.03. The van der Waals surface area contributed by atoms with Gasteiger partial charge in [0.1, 0.15) is 11.5 Å². The Kier molecular flexibility index (Phi) is 5.96. The number of non-ortho nitro benzene ring substituents is 1. The zero-order chi connectivity index (χ0) is 22.7. The second-order valence-electron chi connectivity index (χ2n) is 7.03. The van der Waals surface area contributed by atoms with Crippen LogP contribution in [0, 0.1) is 17.0 Å². The van der Waals surface area contributed by atoms with Crippen LogP contribution >= 0.6 is 11.3 Å². The van der Waals surface area contributed by atoms with Crippen LogP contribution in [0.25, 0.3) is 21.7 Å². The van der Waals surface area contributed by atoms with E-state index in [0.29, 0.717) is 16.4 Å². The molecule has 0 aliphatic rings. The molecule has 4 rings (SSSR count). The van der Waals surface area contributed by atoms with Crippen molar-refractivity contribution < 1.29 is 14.8 Å². The molecule has 3 aromatic carbocycles. The molecular formula is C24H19N3O4S. The van der Waals surface area contributed by atoms with Gasteiger partial charge in [0.15, 0.2) is 0 Å². The molecule has 0 saturated heterocycles. The zero-order valence-corrected chi connectivity index (χ0v) is 18.2. The SMILES string of the molecule is COc1ccc(C=Nc2nc(-c3ccc(C)cc3)c(-c3ccc([N+](=O)[O-])cc3)s2)c(O)c1. The van der Waals surface area contributed by atoms with Gasteiger partial charge in [-0.25, -0.2) is 9.98 Å². The van der Waals surface area contributed by atoms with Crippen LogP contribution in [0.1, 0.15) is 11.1 Å². The van der Waals surface area contributed by atoms with Gasteiger partial charge in [0.2, 0.25) is 5.13 Å². The van der Waals surface area contributed by atoms with Gasteiger partial charge in [-0.2, -0.15) is 0 Å². The van der Waals surface area contributed by atoms with Crippen molar-refractivity contribution in [3.8, 4) is 33.2 Å². The second kappa shape index (κ2) is 8.99. The molecule has 1 aromatic heterocycles. The van der Waals surface area contributed by atoms with Crippen LogP contribution in [0.15, 0.2) is 71.7 Å². The lowest BCUT2D eigenvalue weighted by atomic mass is 10.1. The maximum Gasteiger partial charge on any atom is 0.269 e. The first-order chi connectivity index (χ1) is 15.4. The van der Waals surface area contributed by atoms with Crippen molar-refractivity contribution in [2.24, 2.45) is 4.99 Å². The van der Waals surface area contributed by atoms with Crippen LogP contribution in [-0.2, 0) is 0 Å². The highest BCUT2D eigenvalue weighted by atomic mass is 32.1. The highest BCUT2D eigenvalue weighted by Crippen LogP contribution is 2.40. The highest BCUT2D eigenvalue weighted by Gasteiger charge is 2.16. The first kappa shape index (κ1) is 21.2. The Balaban J connectivity index is 1.75. The van der Waals surface area contributed by atoms with Gasteiger partial charge in [0.25, 0.3) is 5.69 Å². The minimum atomic E-state index is -0.422. The standard InChI is InChI=1S/C24H19N3O4S/c1-15-3-5-16(6-4-15)22-23(17-7-10-19(11-8-17)27(29)30)32-24(26-22)25-14-18-9-12-20(31-2)13-21(18)28/h3-14,28H,1-2H3. The third-order valence-corrected chi connectivity index (χ3v) is 5.85. The summed E-state index contributed by atoms with van der Waals surface area (Å²) in [5, 5.41) is 21.7. The largest absolute Gasteiger partial charge is 0.507 e. The van der Waals surface area contributed by atoms with E-state index in [1.165, 1.54) is 36.6 Å². The van der Waals surface area contributed by atoms with Gasteiger partial charge in [-0.1, -0.05) is 41.2 Å². The Bertz CT molecular complexity index is 1300. The molecule has 0 saturated carbocycles. The molecule has 7 nitrogen and oxygen atoms in total. The predicted molar refractivity (Wildman–Crippen MR) is 126 cm³/mol. The zero-order valence-electron chi connectivity index (χ0n) is 17.4. The van der Waals surface area contributed by atoms with E-state index in [1.807, 2.05) is 31.2 Å². The Morgan fingerprint density at radius 2 is 1.75 bits per heavy atom. The molecule has 1 N–H and O–H groups in total. The lowest BCUT2D eigenvalue weighted by molar-refractivity contribution is -0.384. The van der Waals surface area contributed by atoms with Crippen molar-refractivity contribution in [2.45, 2.75) is 6.92 Å². The van der Waals surface area contributed by atoms with Crippen LogP contribution in [-0.4, -0.2) is 28.3 Å². The van der Waals surface area contributed by atoms with Crippen molar-refractivity contribution in [2.75, 3.05) is 7.11 Å². The van der Waals surface area contributed by atoms with E-state index >= 15 is 0 Å². The monoisotopic (exact) mass is 445 g/mol. The summed E-state index contributed by atoms with van der Waals surface area (Å²) in [5.74, 6) is 0.606. The van der Waals surface area contributed by atoms with E-state index in [9.17, 15) is 15.2 Å². The van der Waals surface area contributed by atoms with Crippen molar-refractivity contribution in [1.29, 1.82) is 0 Å². The lowest BCUT2D eigenvalue weighted by Crippen LogP contribution is -1.87. The maximum absolute atomic E-state index is 11.0. The summed E-state index contributed by atoms with van der Waals surface area (Å²) in [6, 6.07) is 19.3. The number of aromatic nitrogens is 1. The maximum atomic E-state index is 11.0. The molecule has 0 fully saturated rings. The molecule has 0 amide bonds. The highest BCUT2D eigenvalue weighted by molar-refractivity contribution is 7.19. The van der Waals surface area contributed by atoms with Crippen molar-refractivity contribution in [3.05, 3.63) is 88.0 Å². The number of thiazole rings is 1. The number of aliphatic imine (C=N–C) groups is 1. The quantitative estimate of drug-likeness (QED) is 0.218. The second-order valence-corrected chi connectivity index (χ2v) is 8.00. The van der Waals surface area contributed by atoms with E-state index < -0.39 is 4.92 Å². The van der Waals surface area contributed by atoms with Crippen LogP contribution in [0.3, 0.4) is 0 Å². The van der Waals surface area contributed by atoms with E-state index in [2.05, 4.69) is 4.99 Å². The van der Waals surface area contributed by atoms with Crippen molar-refractivity contribution >= 4 is 28.4 Å². The molecule has 160 valence electrons. The number of phenols is 1. The molecule has 4 aromatic rings. The average Bonchev–Trinajstić information content (AvgIpc) is 3.23. The number of phenolic OH excluding ortho intramolecular Hbond substituents is 1. The number of nitrogens with zero attached hydrogens (tertiary/aromatic N) is 3. The first-order valence-corrected chi connectivity index (χ1v) is 10.5. The minimum Gasteiger partial charge on any atom is -0.507 e. The topological polar surface area (TPSA) is 97.9 Å². The minimum absolute atomic E-state index is 0.0309. The van der Waals surface area contributed by atoms with Crippen LogP contribution in [0.5, 0.6) is 11.5 Å². The summed E-state index contributed by atoms with van der Waals surface area (Å²) in [7, 11) is 1.53. The fraction of sp³-hybridized carbons (Fsp3) is 0.0833. The Morgan fingerprint density at radius 3 is 2.38 bits per heavy atom. The summed E-state index contributed by atoms with van der Waals surface area (Å²) < 4.78 is 5.10. The summed E-state index contributed by atoms with van der Waals surface area (Å²) in [6.45, 7) is 2.01. The molecule has 0 aliphatic heterocycles. The third kappa shape index (κ3) is 4.50. The van der Waals surface area contributed by atoms with Crippen molar-refractivity contribution in [1.82, 2.24) is 4.98 Å². The molecule has 1 heterocycles. The molecule has 0 atom stereocenters. The number of hydrogen-bond acceptors (Lipinski definition) is 7. The normalized spacial score (nSPS) is 11.1. The Labute approximate surface area is 188 Å². The molecule has 0 unspecified atom stereocenters. The van der Waals surface area contributed by atoms with Gasteiger partial charge >= 0.3 is 0 Å². The van der Waals surface area contributed by atoms with E-state index in [0.717, 1.165) is 27.3 Å². The Morgan fingerprint density at radius 1 is 1.06 bits per heavy atom. The molecule has 8 heteroatoms. The molecule has 0 aliphatic carbocycles. The molecule has 0 spiro atoms. The van der Waals surface area contributed by atoms with E-state index in [1.54, 1.807) is 30.5 Å². The Hall–Kier alpha value is -4.04. The van der Waals surface area contributed by atoms with Gasteiger partial charge < -0.3 is 9.84 Å². The van der Waals surface area contributed by atoms with Crippen LogP contribution in [0.4, 0.5) is 10.8 Å². The fourth-order valence-corrected chi connectivity index (χ4v) is 4.02. The predicted octanol–water partition coefficient (Wildman–Crippen LogP) is 6.16. The summed E-state index contributed by atoms with van der Waals surface area (Å²) in [6.07, 6.45) is 1.55. The number of nitro groups is 1. The van der Waals surface area contributed by atoms with Gasteiger partial charge in [-0.05, 0) is 36.8 Å². The third-order valence-electron chi connectivity index (χ3n) is 4.83. The molecule has 0 bridgehead atoms. The number of rotatable bonds is 6. The summed E-state index contributed by atoms with van der Waals surface area (Å²) >= 11 is 1.37. The average molecular weight is 446 g/mol. The number of benzene rings is 3. The van der Waals surface area contributed by atoms with Gasteiger partial charge in [0, 0.05) is 35.5 Å². The first-order valence-electron chi connectivity index (χ1n) is 9.68. The number of hydrogen-bond donors (Lipinski definition) is 1. The van der Waals surface area contributed by atoms with E-state index in [4.69, 9.17) is 9.72 Å². The van der Waals surface area contributed by atoms with Gasteiger partial charge in [-0.15, -0.1) is 0 Å². The smallest absolute Gasteiger partial charge is 0.269 e. The molecule has 0 radical (unpaired) electrons. The van der Waals surface area contributed by atoms with Crippen LogP contribution in [0.2, 0.25) is 0 Å². The van der Waals surface area contributed by atoms with E-state index in [-0.39, 0.29) is 11.4 Å². The number of aryl methyl sites for hydroxylation is 1. The molecular weight excluding hydrogens is 426 g/mol. The van der Waals surface area contributed by atoms with Crippen LogP contribution < -0.4 is 4.74 Å².